The summed E-state index contributed by atoms with van der Waals surface area (Å²) in [5.74, 6) is 0. The standard InChI is InChI=1S/C11H19N3O2S2/c1-10-4-2-3-8-14(10)18(15,16)13-6-5-11-12-7-9-17-11/h7,9-10,13H,2-6,8H2,1H3. The highest BCUT2D eigenvalue weighted by atomic mass is 32.2. The molecular formula is C11H19N3O2S2. The summed E-state index contributed by atoms with van der Waals surface area (Å²) >= 11 is 1.55. The predicted octanol–water partition coefficient (Wildman–Crippen LogP) is 1.39. The summed E-state index contributed by atoms with van der Waals surface area (Å²) < 4.78 is 28.5. The molecule has 0 radical (unpaired) electrons. The maximum Gasteiger partial charge on any atom is 0.279 e. The minimum Gasteiger partial charge on any atom is -0.250 e. The second-order valence-corrected chi connectivity index (χ2v) is 7.22. The van der Waals surface area contributed by atoms with Crippen LogP contribution >= 0.6 is 11.3 Å². The zero-order chi connectivity index (χ0) is 13.0. The molecule has 2 rings (SSSR count). The van der Waals surface area contributed by atoms with E-state index in [2.05, 4.69) is 9.71 Å². The molecular weight excluding hydrogens is 270 g/mol. The van der Waals surface area contributed by atoms with Gasteiger partial charge in [0.1, 0.15) is 0 Å². The highest BCUT2D eigenvalue weighted by Crippen LogP contribution is 2.18. The highest BCUT2D eigenvalue weighted by Gasteiger charge is 2.28. The van der Waals surface area contributed by atoms with Crippen molar-refractivity contribution in [2.75, 3.05) is 13.1 Å². The third-order valence-corrected chi connectivity index (χ3v) is 5.73. The first kappa shape index (κ1) is 13.9. The molecule has 1 aliphatic rings. The fraction of sp³-hybridized carbons (Fsp3) is 0.727. The average molecular weight is 289 g/mol. The molecule has 1 saturated heterocycles. The zero-order valence-electron chi connectivity index (χ0n) is 10.5. The molecule has 1 aromatic heterocycles. The van der Waals surface area contributed by atoms with Gasteiger partial charge in [0, 0.05) is 37.1 Å². The van der Waals surface area contributed by atoms with Crippen molar-refractivity contribution in [3.05, 3.63) is 16.6 Å². The van der Waals surface area contributed by atoms with Crippen LogP contribution in [0.4, 0.5) is 0 Å². The molecule has 1 aromatic rings. The molecule has 0 aromatic carbocycles. The van der Waals surface area contributed by atoms with Gasteiger partial charge in [-0.25, -0.2) is 9.71 Å². The Morgan fingerprint density at radius 3 is 3.06 bits per heavy atom. The van der Waals surface area contributed by atoms with Crippen molar-refractivity contribution in [2.24, 2.45) is 0 Å². The van der Waals surface area contributed by atoms with E-state index in [1.807, 2.05) is 12.3 Å². The molecule has 7 heteroatoms. The van der Waals surface area contributed by atoms with Crippen molar-refractivity contribution in [3.8, 4) is 0 Å². The summed E-state index contributed by atoms with van der Waals surface area (Å²) in [5.41, 5.74) is 0. The lowest BCUT2D eigenvalue weighted by Crippen LogP contribution is -2.48. The Balaban J connectivity index is 1.86. The Morgan fingerprint density at radius 2 is 2.39 bits per heavy atom. The lowest BCUT2D eigenvalue weighted by atomic mass is 10.1. The zero-order valence-corrected chi connectivity index (χ0v) is 12.1. The third-order valence-electron chi connectivity index (χ3n) is 3.16. The molecule has 5 nitrogen and oxygen atoms in total. The minimum atomic E-state index is -3.33. The van der Waals surface area contributed by atoms with E-state index in [4.69, 9.17) is 0 Å². The van der Waals surface area contributed by atoms with Crippen LogP contribution in [-0.2, 0) is 16.6 Å². The molecule has 0 aliphatic carbocycles. The van der Waals surface area contributed by atoms with Gasteiger partial charge in [0.25, 0.3) is 10.2 Å². The van der Waals surface area contributed by atoms with Gasteiger partial charge in [-0.05, 0) is 19.8 Å². The molecule has 1 fully saturated rings. The molecule has 0 bridgehead atoms. The van der Waals surface area contributed by atoms with Crippen molar-refractivity contribution in [1.82, 2.24) is 14.0 Å². The molecule has 0 amide bonds. The van der Waals surface area contributed by atoms with Gasteiger partial charge in [-0.2, -0.15) is 12.7 Å². The van der Waals surface area contributed by atoms with Crippen LogP contribution in [-0.4, -0.2) is 36.8 Å². The van der Waals surface area contributed by atoms with E-state index in [-0.39, 0.29) is 6.04 Å². The number of rotatable bonds is 5. The van der Waals surface area contributed by atoms with E-state index in [0.29, 0.717) is 19.5 Å². The van der Waals surface area contributed by atoms with Gasteiger partial charge in [0.15, 0.2) is 0 Å². The van der Waals surface area contributed by atoms with Crippen LogP contribution in [0.2, 0.25) is 0 Å². The van der Waals surface area contributed by atoms with Crippen molar-refractivity contribution >= 4 is 21.5 Å². The van der Waals surface area contributed by atoms with Crippen LogP contribution in [0.15, 0.2) is 11.6 Å². The number of nitrogens with one attached hydrogen (secondary N) is 1. The van der Waals surface area contributed by atoms with E-state index in [0.717, 1.165) is 24.3 Å². The largest absolute Gasteiger partial charge is 0.279 e. The first-order valence-electron chi connectivity index (χ1n) is 6.24. The van der Waals surface area contributed by atoms with E-state index in [9.17, 15) is 8.42 Å². The van der Waals surface area contributed by atoms with E-state index in [1.54, 1.807) is 21.8 Å². The van der Waals surface area contributed by atoms with Crippen molar-refractivity contribution in [1.29, 1.82) is 0 Å². The Kier molecular flexibility index (Phi) is 4.71. The van der Waals surface area contributed by atoms with E-state index >= 15 is 0 Å². The first-order valence-corrected chi connectivity index (χ1v) is 8.56. The van der Waals surface area contributed by atoms with Crippen LogP contribution in [0.3, 0.4) is 0 Å². The Labute approximate surface area is 112 Å². The third kappa shape index (κ3) is 3.50. The SMILES string of the molecule is CC1CCCCN1S(=O)(=O)NCCc1nccs1. The summed E-state index contributed by atoms with van der Waals surface area (Å²) in [6.45, 7) is 3.02. The van der Waals surface area contributed by atoms with Crippen LogP contribution in [0.25, 0.3) is 0 Å². The van der Waals surface area contributed by atoms with Gasteiger partial charge in [0.05, 0.1) is 5.01 Å². The van der Waals surface area contributed by atoms with Crippen LogP contribution in [0.1, 0.15) is 31.2 Å². The summed E-state index contributed by atoms with van der Waals surface area (Å²) in [5, 5.41) is 2.86. The number of piperidine rings is 1. The van der Waals surface area contributed by atoms with Crippen molar-refractivity contribution in [3.63, 3.8) is 0 Å². The van der Waals surface area contributed by atoms with Gasteiger partial charge in [0.2, 0.25) is 0 Å². The van der Waals surface area contributed by atoms with Gasteiger partial charge in [-0.1, -0.05) is 6.42 Å². The average Bonchev–Trinajstić information content (AvgIpc) is 2.82. The molecule has 2 heterocycles. The van der Waals surface area contributed by atoms with Gasteiger partial charge in [-0.15, -0.1) is 11.3 Å². The summed E-state index contributed by atoms with van der Waals surface area (Å²) in [7, 11) is -3.33. The van der Waals surface area contributed by atoms with Crippen molar-refractivity contribution in [2.45, 2.75) is 38.6 Å². The number of hydrogen-bond acceptors (Lipinski definition) is 4. The van der Waals surface area contributed by atoms with Gasteiger partial charge >= 0.3 is 0 Å². The minimum absolute atomic E-state index is 0.108. The van der Waals surface area contributed by atoms with Gasteiger partial charge < -0.3 is 0 Å². The molecule has 0 saturated carbocycles. The lowest BCUT2D eigenvalue weighted by molar-refractivity contribution is 0.265. The number of aromatic nitrogens is 1. The summed E-state index contributed by atoms with van der Waals surface area (Å²) in [6.07, 6.45) is 5.41. The predicted molar refractivity (Wildman–Crippen MR) is 72.8 cm³/mol. The lowest BCUT2D eigenvalue weighted by Gasteiger charge is -2.32. The smallest absolute Gasteiger partial charge is 0.250 e. The topological polar surface area (TPSA) is 62.3 Å². The second kappa shape index (κ2) is 6.10. The Hall–Kier alpha value is -0.500. The molecule has 0 spiro atoms. The van der Waals surface area contributed by atoms with Crippen LogP contribution in [0.5, 0.6) is 0 Å². The van der Waals surface area contributed by atoms with E-state index < -0.39 is 10.2 Å². The van der Waals surface area contributed by atoms with Gasteiger partial charge in [-0.3, -0.25) is 0 Å². The quantitative estimate of drug-likeness (QED) is 0.891. The highest BCUT2D eigenvalue weighted by molar-refractivity contribution is 7.87. The monoisotopic (exact) mass is 289 g/mol. The molecule has 18 heavy (non-hydrogen) atoms. The Morgan fingerprint density at radius 1 is 1.56 bits per heavy atom. The maximum atomic E-state index is 12.1. The molecule has 102 valence electrons. The normalized spacial score (nSPS) is 22.2. The van der Waals surface area contributed by atoms with E-state index in [1.165, 1.54) is 0 Å². The molecule has 1 atom stereocenters. The fourth-order valence-electron chi connectivity index (χ4n) is 2.18. The summed E-state index contributed by atoms with van der Waals surface area (Å²) in [6, 6.07) is 0.108. The second-order valence-electron chi connectivity index (χ2n) is 4.53. The van der Waals surface area contributed by atoms with Crippen LogP contribution < -0.4 is 4.72 Å². The Bertz CT molecular complexity index is 459. The number of nitrogens with zero attached hydrogens (tertiary/aromatic N) is 2. The van der Waals surface area contributed by atoms with Crippen molar-refractivity contribution < 1.29 is 8.42 Å². The van der Waals surface area contributed by atoms with Crippen LogP contribution in [0, 0.1) is 0 Å². The molecule has 1 aliphatic heterocycles. The number of thiazole rings is 1. The molecule has 1 N–H and O–H groups in total. The number of hydrogen-bond donors (Lipinski definition) is 1. The maximum absolute atomic E-state index is 12.1. The first-order chi connectivity index (χ1) is 8.59. The fourth-order valence-corrected chi connectivity index (χ4v) is 4.27. The molecule has 1 unspecified atom stereocenters. The summed E-state index contributed by atoms with van der Waals surface area (Å²) in [4.78, 5) is 4.13.